The van der Waals surface area contributed by atoms with Gasteiger partial charge >= 0.3 is 0 Å². The Morgan fingerprint density at radius 2 is 2.08 bits per heavy atom. The van der Waals surface area contributed by atoms with Crippen molar-refractivity contribution in [1.29, 1.82) is 0 Å². The van der Waals surface area contributed by atoms with Gasteiger partial charge in [-0.05, 0) is 51.0 Å². The van der Waals surface area contributed by atoms with Crippen LogP contribution >= 0.6 is 23.1 Å². The maximum atomic E-state index is 13.0. The van der Waals surface area contributed by atoms with Crippen LogP contribution in [0.15, 0.2) is 34.2 Å². The summed E-state index contributed by atoms with van der Waals surface area (Å²) in [7, 11) is 1.67. The molecule has 0 unspecified atom stereocenters. The van der Waals surface area contributed by atoms with Crippen molar-refractivity contribution >= 4 is 33.3 Å². The number of hydrogen-bond donors (Lipinski definition) is 0. The zero-order valence-electron chi connectivity index (χ0n) is 15.1. The lowest BCUT2D eigenvalue weighted by molar-refractivity contribution is 0.414. The molecule has 132 valence electrons. The summed E-state index contributed by atoms with van der Waals surface area (Å²) in [5.74, 6) is 1.58. The molecule has 0 bridgehead atoms. The van der Waals surface area contributed by atoms with Gasteiger partial charge in [-0.25, -0.2) is 4.98 Å². The smallest absolute Gasteiger partial charge is 0.263 e. The molecule has 0 atom stereocenters. The van der Waals surface area contributed by atoms with E-state index in [1.807, 2.05) is 50.5 Å². The topological polar surface area (TPSA) is 44.1 Å². The lowest BCUT2D eigenvalue weighted by Crippen LogP contribution is -2.24. The Kier molecular flexibility index (Phi) is 5.20. The number of aromatic nitrogens is 2. The van der Waals surface area contributed by atoms with Crippen molar-refractivity contribution in [3.63, 3.8) is 0 Å². The Hall–Kier alpha value is -1.79. The van der Waals surface area contributed by atoms with Gasteiger partial charge in [0.25, 0.3) is 5.56 Å². The molecule has 2 heterocycles. The van der Waals surface area contributed by atoms with Crippen LogP contribution in [0, 0.1) is 13.8 Å². The average molecular weight is 375 g/mol. The van der Waals surface area contributed by atoms with E-state index in [2.05, 4.69) is 6.07 Å². The normalized spacial score (nSPS) is 11.4. The second kappa shape index (κ2) is 7.22. The van der Waals surface area contributed by atoms with Crippen LogP contribution in [0.4, 0.5) is 0 Å². The molecule has 0 aliphatic heterocycles. The summed E-state index contributed by atoms with van der Waals surface area (Å²) >= 11 is 3.19. The summed E-state index contributed by atoms with van der Waals surface area (Å²) in [6.07, 6.45) is 0. The van der Waals surface area contributed by atoms with E-state index in [0.29, 0.717) is 0 Å². The molecule has 0 amide bonds. The van der Waals surface area contributed by atoms with Crippen LogP contribution in [0.25, 0.3) is 10.2 Å². The highest BCUT2D eigenvalue weighted by Crippen LogP contribution is 2.30. The highest BCUT2D eigenvalue weighted by molar-refractivity contribution is 7.98. The minimum absolute atomic E-state index is 0.0648. The number of hydrogen-bond acceptors (Lipinski definition) is 5. The van der Waals surface area contributed by atoms with E-state index >= 15 is 0 Å². The minimum Gasteiger partial charge on any atom is -0.497 e. The largest absolute Gasteiger partial charge is 0.497 e. The molecule has 1 aromatic carbocycles. The maximum absolute atomic E-state index is 13.0. The standard InChI is InChI=1S/C19H22N2O2S2/c1-11(2)21-18(22)16-12(3)13(4)25-17(16)20-19(21)24-10-14-7-6-8-15(9-14)23-5/h6-9,11H,10H2,1-5H3. The van der Waals surface area contributed by atoms with E-state index in [9.17, 15) is 4.79 Å². The van der Waals surface area contributed by atoms with Crippen LogP contribution in [0.5, 0.6) is 5.75 Å². The third kappa shape index (κ3) is 3.46. The van der Waals surface area contributed by atoms with Gasteiger partial charge < -0.3 is 4.74 Å². The molecule has 6 heteroatoms. The highest BCUT2D eigenvalue weighted by Gasteiger charge is 2.18. The van der Waals surface area contributed by atoms with Gasteiger partial charge in [-0.2, -0.15) is 0 Å². The third-order valence-electron chi connectivity index (χ3n) is 4.22. The van der Waals surface area contributed by atoms with Crippen molar-refractivity contribution in [2.75, 3.05) is 7.11 Å². The molecular formula is C19H22N2O2S2. The Labute approximate surface area is 155 Å². The van der Waals surface area contributed by atoms with Crippen molar-refractivity contribution in [3.05, 3.63) is 50.6 Å². The quantitative estimate of drug-likeness (QED) is 0.468. The lowest BCUT2D eigenvalue weighted by atomic mass is 10.2. The first-order chi connectivity index (χ1) is 11.9. The molecule has 0 fully saturated rings. The van der Waals surface area contributed by atoms with Gasteiger partial charge in [0.1, 0.15) is 10.6 Å². The van der Waals surface area contributed by atoms with Gasteiger partial charge in [0.15, 0.2) is 5.16 Å². The molecule has 2 aromatic heterocycles. The fourth-order valence-electron chi connectivity index (χ4n) is 2.76. The fraction of sp³-hybridized carbons (Fsp3) is 0.368. The van der Waals surface area contributed by atoms with Crippen LogP contribution in [-0.4, -0.2) is 16.7 Å². The summed E-state index contributed by atoms with van der Waals surface area (Å²) in [6, 6.07) is 8.05. The van der Waals surface area contributed by atoms with Crippen molar-refractivity contribution in [2.24, 2.45) is 0 Å². The second-order valence-electron chi connectivity index (χ2n) is 6.27. The number of methoxy groups -OCH3 is 1. The summed E-state index contributed by atoms with van der Waals surface area (Å²) in [5.41, 5.74) is 2.26. The summed E-state index contributed by atoms with van der Waals surface area (Å²) in [4.78, 5) is 19.8. The summed E-state index contributed by atoms with van der Waals surface area (Å²) < 4.78 is 7.09. The van der Waals surface area contributed by atoms with Gasteiger partial charge in [-0.1, -0.05) is 23.9 Å². The van der Waals surface area contributed by atoms with Crippen LogP contribution in [-0.2, 0) is 5.75 Å². The molecule has 0 N–H and O–H groups in total. The van der Waals surface area contributed by atoms with Crippen LogP contribution in [0.2, 0.25) is 0 Å². The molecule has 0 aliphatic rings. The molecule has 0 saturated carbocycles. The summed E-state index contributed by atoms with van der Waals surface area (Å²) in [5, 5.41) is 1.54. The third-order valence-corrected chi connectivity index (χ3v) is 6.35. The molecule has 0 radical (unpaired) electrons. The van der Waals surface area contributed by atoms with E-state index in [1.165, 1.54) is 0 Å². The second-order valence-corrected chi connectivity index (χ2v) is 8.41. The van der Waals surface area contributed by atoms with E-state index in [0.717, 1.165) is 42.9 Å². The predicted molar refractivity (Wildman–Crippen MR) is 106 cm³/mol. The molecule has 0 spiro atoms. The monoisotopic (exact) mass is 374 g/mol. The number of thioether (sulfide) groups is 1. The number of ether oxygens (including phenoxy) is 1. The van der Waals surface area contributed by atoms with E-state index in [4.69, 9.17) is 9.72 Å². The predicted octanol–water partition coefficient (Wildman–Crippen LogP) is 4.96. The first-order valence-electron chi connectivity index (χ1n) is 8.20. The number of aryl methyl sites for hydroxylation is 2. The number of rotatable bonds is 5. The molecule has 0 saturated heterocycles. The Morgan fingerprint density at radius 3 is 2.76 bits per heavy atom. The summed E-state index contributed by atoms with van der Waals surface area (Å²) in [6.45, 7) is 8.10. The molecule has 0 aliphatic carbocycles. The van der Waals surface area contributed by atoms with Gasteiger partial charge in [-0.3, -0.25) is 9.36 Å². The molecule has 25 heavy (non-hydrogen) atoms. The van der Waals surface area contributed by atoms with Crippen molar-refractivity contribution in [3.8, 4) is 5.75 Å². The van der Waals surface area contributed by atoms with Gasteiger partial charge in [0.2, 0.25) is 0 Å². The first-order valence-corrected chi connectivity index (χ1v) is 10.0. The van der Waals surface area contributed by atoms with Crippen LogP contribution < -0.4 is 10.3 Å². The fourth-order valence-corrected chi connectivity index (χ4v) is 4.90. The van der Waals surface area contributed by atoms with E-state index in [1.54, 1.807) is 30.2 Å². The maximum Gasteiger partial charge on any atom is 0.263 e. The van der Waals surface area contributed by atoms with E-state index in [-0.39, 0.29) is 11.6 Å². The van der Waals surface area contributed by atoms with Gasteiger partial charge in [-0.15, -0.1) is 11.3 Å². The highest BCUT2D eigenvalue weighted by atomic mass is 32.2. The van der Waals surface area contributed by atoms with Crippen LogP contribution in [0.3, 0.4) is 0 Å². The zero-order valence-corrected chi connectivity index (χ0v) is 16.8. The number of fused-ring (bicyclic) bond motifs is 1. The minimum atomic E-state index is 0.0648. The van der Waals surface area contributed by atoms with Gasteiger partial charge in [0.05, 0.1) is 12.5 Å². The SMILES string of the molecule is COc1cccc(CSc2nc3sc(C)c(C)c3c(=O)n2C(C)C)c1. The lowest BCUT2D eigenvalue weighted by Gasteiger charge is -2.15. The average Bonchev–Trinajstić information content (AvgIpc) is 2.87. The number of benzene rings is 1. The Morgan fingerprint density at radius 1 is 1.32 bits per heavy atom. The Bertz CT molecular complexity index is 973. The van der Waals surface area contributed by atoms with Crippen molar-refractivity contribution in [1.82, 2.24) is 9.55 Å². The van der Waals surface area contributed by atoms with E-state index < -0.39 is 0 Å². The molecular weight excluding hydrogens is 352 g/mol. The first kappa shape index (κ1) is 18.0. The number of thiophene rings is 1. The molecule has 3 aromatic rings. The molecule has 4 nitrogen and oxygen atoms in total. The molecule has 3 rings (SSSR count). The Balaban J connectivity index is 2.02. The number of nitrogens with zero attached hydrogens (tertiary/aromatic N) is 2. The van der Waals surface area contributed by atoms with Gasteiger partial charge in [0, 0.05) is 16.7 Å². The zero-order chi connectivity index (χ0) is 18.1. The van der Waals surface area contributed by atoms with Crippen molar-refractivity contribution < 1.29 is 4.74 Å². The van der Waals surface area contributed by atoms with Crippen molar-refractivity contribution in [2.45, 2.75) is 44.6 Å². The van der Waals surface area contributed by atoms with Crippen LogP contribution in [0.1, 0.15) is 35.9 Å².